The molecule has 2 amide bonds. The molecule has 2 aromatic carbocycles. The Hall–Kier alpha value is -3.74. The Bertz CT molecular complexity index is 1180. The number of hydrogen-bond donors (Lipinski definition) is 0. The van der Waals surface area contributed by atoms with Crippen molar-refractivity contribution < 1.29 is 18.7 Å². The molecule has 1 aromatic heterocycles. The molecule has 2 unspecified atom stereocenters. The van der Waals surface area contributed by atoms with E-state index in [1.807, 2.05) is 18.2 Å². The molecular formula is C24H22FN3O3. The van der Waals surface area contributed by atoms with Crippen LogP contribution < -0.4 is 14.5 Å². The maximum Gasteiger partial charge on any atom is 0.267 e. The number of aromatic nitrogens is 1. The van der Waals surface area contributed by atoms with E-state index in [-0.39, 0.29) is 30.7 Å². The van der Waals surface area contributed by atoms with Gasteiger partial charge in [0.25, 0.3) is 11.8 Å². The molecule has 6 nitrogen and oxygen atoms in total. The highest BCUT2D eigenvalue weighted by Crippen LogP contribution is 2.45. The Morgan fingerprint density at radius 3 is 2.61 bits per heavy atom. The highest BCUT2D eigenvalue weighted by molar-refractivity contribution is 6.12. The van der Waals surface area contributed by atoms with E-state index in [0.29, 0.717) is 11.3 Å². The minimum Gasteiger partial charge on any atom is -0.478 e. The predicted octanol–water partition coefficient (Wildman–Crippen LogP) is 4.35. The van der Waals surface area contributed by atoms with Gasteiger partial charge < -0.3 is 9.64 Å². The number of amides is 2. The molecule has 0 radical (unpaired) electrons. The predicted molar refractivity (Wildman–Crippen MR) is 116 cm³/mol. The number of ether oxygens (including phenoxy) is 1. The van der Waals surface area contributed by atoms with E-state index in [4.69, 9.17) is 4.74 Å². The van der Waals surface area contributed by atoms with Gasteiger partial charge in [-0.1, -0.05) is 31.7 Å². The van der Waals surface area contributed by atoms with Crippen LogP contribution in [0.15, 0.2) is 60.9 Å². The van der Waals surface area contributed by atoms with Gasteiger partial charge in [-0.15, -0.1) is 0 Å². The number of nitrogens with zero attached hydrogens (tertiary/aromatic N) is 3. The molecule has 0 bridgehead atoms. The van der Waals surface area contributed by atoms with Crippen LogP contribution in [-0.2, 0) is 4.79 Å². The van der Waals surface area contributed by atoms with Crippen molar-refractivity contribution >= 4 is 23.2 Å². The monoisotopic (exact) mass is 419 g/mol. The summed E-state index contributed by atoms with van der Waals surface area (Å²) in [6, 6.07) is 13.5. The van der Waals surface area contributed by atoms with Crippen LogP contribution in [0.4, 0.5) is 15.8 Å². The van der Waals surface area contributed by atoms with E-state index in [2.05, 4.69) is 4.98 Å². The molecule has 0 saturated carbocycles. The molecule has 2 aliphatic rings. The highest BCUT2D eigenvalue weighted by Gasteiger charge is 2.40. The summed E-state index contributed by atoms with van der Waals surface area (Å²) < 4.78 is 20.8. The summed E-state index contributed by atoms with van der Waals surface area (Å²) in [6.45, 7) is 1.61. The number of halogens is 1. The van der Waals surface area contributed by atoms with Crippen molar-refractivity contribution in [3.8, 4) is 5.75 Å². The van der Waals surface area contributed by atoms with Crippen LogP contribution in [-0.4, -0.2) is 29.9 Å². The van der Waals surface area contributed by atoms with Gasteiger partial charge in [-0.2, -0.15) is 0 Å². The second kappa shape index (κ2) is 7.50. The lowest BCUT2D eigenvalue weighted by Gasteiger charge is -2.32. The molecule has 0 fully saturated rings. The Morgan fingerprint density at radius 2 is 1.87 bits per heavy atom. The zero-order chi connectivity index (χ0) is 21.0. The second-order valence-corrected chi connectivity index (χ2v) is 7.38. The lowest BCUT2D eigenvalue weighted by Crippen LogP contribution is -2.42. The number of carbonyl (C=O) groups is 2. The summed E-state index contributed by atoms with van der Waals surface area (Å²) in [5.74, 6) is -0.952. The van der Waals surface area contributed by atoms with Crippen LogP contribution in [0.2, 0.25) is 0 Å². The number of rotatable bonds is 2. The lowest BCUT2D eigenvalue weighted by molar-refractivity contribution is -0.125. The Balaban J connectivity index is 0.00000231. The van der Waals surface area contributed by atoms with Crippen LogP contribution >= 0.6 is 0 Å². The minimum atomic E-state index is -0.738. The maximum absolute atomic E-state index is 15.1. The van der Waals surface area contributed by atoms with E-state index in [1.54, 1.807) is 48.5 Å². The quantitative estimate of drug-likeness (QED) is 0.620. The van der Waals surface area contributed by atoms with Crippen molar-refractivity contribution in [3.63, 3.8) is 0 Å². The number of hydrogen-bond acceptors (Lipinski definition) is 4. The first-order valence-corrected chi connectivity index (χ1v) is 9.57. The number of likely N-dealkylation sites (N-methyl/N-ethyl adjacent to an activating group) is 1. The average Bonchev–Trinajstić information content (AvgIpc) is 3.05. The van der Waals surface area contributed by atoms with E-state index >= 15 is 4.39 Å². The summed E-state index contributed by atoms with van der Waals surface area (Å²) in [4.78, 5) is 32.5. The largest absolute Gasteiger partial charge is 0.478 e. The minimum absolute atomic E-state index is 0. The van der Waals surface area contributed by atoms with Crippen LogP contribution in [0.3, 0.4) is 0 Å². The Morgan fingerprint density at radius 1 is 1.10 bits per heavy atom. The van der Waals surface area contributed by atoms with Crippen LogP contribution in [0.1, 0.15) is 41.9 Å². The van der Waals surface area contributed by atoms with Crippen LogP contribution in [0.5, 0.6) is 5.75 Å². The van der Waals surface area contributed by atoms with Crippen molar-refractivity contribution in [2.45, 2.75) is 26.5 Å². The first-order chi connectivity index (χ1) is 14.5. The smallest absolute Gasteiger partial charge is 0.267 e. The number of benzene rings is 2. The first kappa shape index (κ1) is 20.5. The van der Waals surface area contributed by atoms with Crippen molar-refractivity contribution in [2.24, 2.45) is 0 Å². The zero-order valence-corrected chi connectivity index (χ0v) is 16.4. The zero-order valence-electron chi connectivity index (χ0n) is 16.4. The van der Waals surface area contributed by atoms with Gasteiger partial charge >= 0.3 is 0 Å². The van der Waals surface area contributed by atoms with Gasteiger partial charge in [0.1, 0.15) is 11.4 Å². The molecular weight excluding hydrogens is 397 g/mol. The fourth-order valence-electron chi connectivity index (χ4n) is 4.19. The van der Waals surface area contributed by atoms with Crippen molar-refractivity contribution in [1.82, 2.24) is 4.98 Å². The van der Waals surface area contributed by atoms with Gasteiger partial charge in [-0.3, -0.25) is 19.5 Å². The van der Waals surface area contributed by atoms with Crippen molar-refractivity contribution in [1.29, 1.82) is 0 Å². The third-order valence-corrected chi connectivity index (χ3v) is 5.57. The average molecular weight is 419 g/mol. The molecule has 0 aliphatic carbocycles. The third kappa shape index (κ3) is 3.04. The molecule has 158 valence electrons. The fourth-order valence-corrected chi connectivity index (χ4v) is 4.19. The summed E-state index contributed by atoms with van der Waals surface area (Å²) in [6.07, 6.45) is 2.63. The standard InChI is InChI=1S/C23H18FN3O3.CH4/c1-13-22(28)26(2)21-18(24)10-15(11-19(21)30-13)27-20(14-6-5-9-25-12-14)16-7-3-4-8-17(16)23(27)29;/h3-13,20H,1-2H3;1H4. The molecule has 5 rings (SSSR count). The third-order valence-electron chi connectivity index (χ3n) is 5.57. The maximum atomic E-state index is 15.1. The Labute approximate surface area is 179 Å². The van der Waals surface area contributed by atoms with E-state index in [9.17, 15) is 9.59 Å². The van der Waals surface area contributed by atoms with Gasteiger partial charge in [0.2, 0.25) is 0 Å². The summed E-state index contributed by atoms with van der Waals surface area (Å²) >= 11 is 0. The summed E-state index contributed by atoms with van der Waals surface area (Å²) in [7, 11) is 1.51. The normalized spacial score (nSPS) is 19.5. The molecule has 3 heterocycles. The first-order valence-electron chi connectivity index (χ1n) is 9.57. The lowest BCUT2D eigenvalue weighted by atomic mass is 9.99. The second-order valence-electron chi connectivity index (χ2n) is 7.38. The highest BCUT2D eigenvalue weighted by atomic mass is 19.1. The molecule has 2 aliphatic heterocycles. The summed E-state index contributed by atoms with van der Waals surface area (Å²) in [5.41, 5.74) is 2.64. The van der Waals surface area contributed by atoms with E-state index < -0.39 is 18.0 Å². The van der Waals surface area contributed by atoms with E-state index in [0.717, 1.165) is 11.1 Å². The van der Waals surface area contributed by atoms with Gasteiger partial charge in [0.15, 0.2) is 11.9 Å². The fraction of sp³-hybridized carbons (Fsp3) is 0.208. The van der Waals surface area contributed by atoms with Crippen molar-refractivity contribution in [3.05, 3.63) is 83.4 Å². The number of pyridine rings is 1. The molecule has 31 heavy (non-hydrogen) atoms. The molecule has 3 aromatic rings. The number of anilines is 2. The van der Waals surface area contributed by atoms with Crippen LogP contribution in [0.25, 0.3) is 0 Å². The van der Waals surface area contributed by atoms with Gasteiger partial charge in [0.05, 0.1) is 11.7 Å². The molecule has 2 atom stereocenters. The van der Waals surface area contributed by atoms with Gasteiger partial charge in [0, 0.05) is 37.1 Å². The molecule has 7 heteroatoms. The Kier molecular flexibility index (Phi) is 4.97. The van der Waals surface area contributed by atoms with Crippen molar-refractivity contribution in [2.75, 3.05) is 16.8 Å². The molecule has 0 N–H and O–H groups in total. The number of carbonyl (C=O) groups excluding carboxylic acids is 2. The van der Waals surface area contributed by atoms with E-state index in [1.165, 1.54) is 18.0 Å². The van der Waals surface area contributed by atoms with Crippen LogP contribution in [0, 0.1) is 5.82 Å². The van der Waals surface area contributed by atoms with Gasteiger partial charge in [-0.05, 0) is 30.2 Å². The summed E-state index contributed by atoms with van der Waals surface area (Å²) in [5, 5.41) is 0. The molecule has 0 saturated heterocycles. The SMILES string of the molecule is C.CC1Oc2cc(N3C(=O)c4ccccc4C3c3cccnc3)cc(F)c2N(C)C1=O. The topological polar surface area (TPSA) is 62.7 Å². The number of fused-ring (bicyclic) bond motifs is 2. The van der Waals surface area contributed by atoms with Gasteiger partial charge in [-0.25, -0.2) is 4.39 Å². The molecule has 0 spiro atoms.